The maximum atomic E-state index is 11.4. The zero-order valence-corrected chi connectivity index (χ0v) is 10.1. The Bertz CT molecular complexity index is 420. The normalized spacial score (nSPS) is 38.8. The molecule has 0 bridgehead atoms. The van der Waals surface area contributed by atoms with Crippen LogP contribution in [0.25, 0.3) is 0 Å². The van der Waals surface area contributed by atoms with Crippen molar-refractivity contribution in [3.8, 4) is 0 Å². The number of carbonyl (C=O) groups excluding carboxylic acids is 2. The van der Waals surface area contributed by atoms with Gasteiger partial charge in [0.15, 0.2) is 0 Å². The molecule has 1 unspecified atom stereocenters. The van der Waals surface area contributed by atoms with Crippen molar-refractivity contribution in [2.24, 2.45) is 5.73 Å². The molecule has 1 heterocycles. The lowest BCUT2D eigenvalue weighted by atomic mass is 9.92. The number of hydrogen-bond donors (Lipinski definition) is 2. The van der Waals surface area contributed by atoms with E-state index < -0.39 is 36.0 Å². The van der Waals surface area contributed by atoms with Gasteiger partial charge in [-0.3, -0.25) is 4.79 Å². The quantitative estimate of drug-likeness (QED) is 0.604. The zero-order valence-electron chi connectivity index (χ0n) is 10.1. The van der Waals surface area contributed by atoms with Crippen molar-refractivity contribution in [2.75, 3.05) is 7.11 Å². The van der Waals surface area contributed by atoms with Crippen molar-refractivity contribution < 1.29 is 28.9 Å². The van der Waals surface area contributed by atoms with Gasteiger partial charge in [-0.2, -0.15) is 0 Å². The van der Waals surface area contributed by atoms with Crippen LogP contribution in [0.3, 0.4) is 0 Å². The largest absolute Gasteiger partial charge is 0.466 e. The fourth-order valence-electron chi connectivity index (χ4n) is 2.11. The van der Waals surface area contributed by atoms with Gasteiger partial charge in [-0.25, -0.2) is 4.79 Å². The molecule has 100 valence electrons. The fraction of sp³-hybridized carbons (Fsp3) is 0.636. The minimum absolute atomic E-state index is 0.0893. The molecule has 2 rings (SSSR count). The van der Waals surface area contributed by atoms with Crippen LogP contribution in [0.15, 0.2) is 11.6 Å². The number of aliphatic hydroxyl groups is 1. The summed E-state index contributed by atoms with van der Waals surface area (Å²) in [5, 5.41) is 9.90. The van der Waals surface area contributed by atoms with Gasteiger partial charge in [0, 0.05) is 12.0 Å². The van der Waals surface area contributed by atoms with Crippen LogP contribution in [0.5, 0.6) is 0 Å². The number of esters is 1. The number of fused-ring (bicyclic) bond motifs is 1. The lowest BCUT2D eigenvalue weighted by Gasteiger charge is -2.25. The van der Waals surface area contributed by atoms with Crippen LogP contribution in [-0.4, -0.2) is 48.2 Å². The smallest absolute Gasteiger partial charge is 0.333 e. The maximum Gasteiger partial charge on any atom is 0.333 e. The molecule has 0 radical (unpaired) electrons. The highest BCUT2D eigenvalue weighted by Gasteiger charge is 2.52. The second kappa shape index (κ2) is 4.34. The van der Waals surface area contributed by atoms with E-state index in [2.05, 4.69) is 4.74 Å². The number of methoxy groups -OCH3 is 1. The van der Waals surface area contributed by atoms with Crippen molar-refractivity contribution in [2.45, 2.75) is 37.4 Å². The molecule has 7 heteroatoms. The third kappa shape index (κ3) is 2.00. The Hall–Kier alpha value is -1.44. The van der Waals surface area contributed by atoms with Crippen LogP contribution in [0.1, 0.15) is 13.3 Å². The van der Waals surface area contributed by atoms with E-state index in [4.69, 9.17) is 15.2 Å². The molecule has 18 heavy (non-hydrogen) atoms. The Labute approximate surface area is 103 Å². The van der Waals surface area contributed by atoms with Gasteiger partial charge in [0.05, 0.1) is 13.2 Å². The van der Waals surface area contributed by atoms with E-state index >= 15 is 0 Å². The number of carbonyl (C=O) groups is 2. The Morgan fingerprint density at radius 3 is 2.78 bits per heavy atom. The van der Waals surface area contributed by atoms with E-state index in [0.717, 1.165) is 0 Å². The Morgan fingerprint density at radius 1 is 1.56 bits per heavy atom. The van der Waals surface area contributed by atoms with Crippen LogP contribution in [-0.2, 0) is 23.8 Å². The lowest BCUT2D eigenvalue weighted by Crippen LogP contribution is -2.43. The van der Waals surface area contributed by atoms with E-state index in [1.54, 1.807) is 0 Å². The number of hydrogen-bond acceptors (Lipinski definition) is 6. The number of rotatable bonds is 2. The maximum absolute atomic E-state index is 11.4. The SMILES string of the molecule is COC(=O)C1=C[C@H]2O[C@](C)(C(N)=O)O[C@@H]2C(O)C1. The van der Waals surface area contributed by atoms with Crippen molar-refractivity contribution in [3.05, 3.63) is 11.6 Å². The van der Waals surface area contributed by atoms with Crippen molar-refractivity contribution >= 4 is 11.9 Å². The molecule has 3 N–H and O–H groups in total. The Morgan fingerprint density at radius 2 is 2.22 bits per heavy atom. The average Bonchev–Trinajstić information content (AvgIpc) is 2.67. The molecule has 1 saturated heterocycles. The van der Waals surface area contributed by atoms with Crippen LogP contribution < -0.4 is 5.73 Å². The average molecular weight is 257 g/mol. The van der Waals surface area contributed by atoms with E-state index in [9.17, 15) is 14.7 Å². The van der Waals surface area contributed by atoms with E-state index in [1.807, 2.05) is 0 Å². The first kappa shape index (κ1) is 13.0. The zero-order chi connectivity index (χ0) is 13.5. The molecule has 2 aliphatic rings. The Balaban J connectivity index is 2.24. The highest BCUT2D eigenvalue weighted by atomic mass is 16.8. The topological polar surface area (TPSA) is 108 Å². The van der Waals surface area contributed by atoms with Crippen LogP contribution in [0.4, 0.5) is 0 Å². The summed E-state index contributed by atoms with van der Waals surface area (Å²) in [6.45, 7) is 1.38. The summed E-state index contributed by atoms with van der Waals surface area (Å²) in [6, 6.07) is 0. The molecular weight excluding hydrogens is 242 g/mol. The summed E-state index contributed by atoms with van der Waals surface area (Å²) in [6.07, 6.45) is -0.768. The standard InChI is InChI=1S/C11H15NO6/c1-11(10(12)15)17-7-4-5(9(14)16-2)3-6(13)8(7)18-11/h4,6-8,13H,3H2,1-2H3,(H2,12,15)/t6?,7-,8-,11+/m1/s1. The first-order valence-electron chi connectivity index (χ1n) is 5.50. The van der Waals surface area contributed by atoms with Gasteiger partial charge < -0.3 is 25.1 Å². The fourth-order valence-corrected chi connectivity index (χ4v) is 2.11. The van der Waals surface area contributed by atoms with Gasteiger partial charge >= 0.3 is 5.97 Å². The molecule has 0 aromatic carbocycles. The second-order valence-electron chi connectivity index (χ2n) is 4.43. The van der Waals surface area contributed by atoms with Gasteiger partial charge in [0.2, 0.25) is 5.79 Å². The summed E-state index contributed by atoms with van der Waals surface area (Å²) < 4.78 is 15.3. The predicted molar refractivity (Wildman–Crippen MR) is 58.1 cm³/mol. The molecule has 0 aromatic heterocycles. The summed E-state index contributed by atoms with van der Waals surface area (Å²) in [5.41, 5.74) is 5.46. The summed E-state index contributed by atoms with van der Waals surface area (Å²) in [7, 11) is 1.25. The molecule has 1 amide bonds. The van der Waals surface area contributed by atoms with Crippen molar-refractivity contribution in [1.82, 2.24) is 0 Å². The van der Waals surface area contributed by atoms with Crippen LogP contribution in [0.2, 0.25) is 0 Å². The molecule has 0 aromatic rings. The van der Waals surface area contributed by atoms with Gasteiger partial charge in [-0.05, 0) is 13.0 Å². The van der Waals surface area contributed by atoms with E-state index in [-0.39, 0.29) is 6.42 Å². The minimum Gasteiger partial charge on any atom is -0.466 e. The Kier molecular flexibility index (Phi) is 3.14. The summed E-state index contributed by atoms with van der Waals surface area (Å²) in [5.74, 6) is -2.90. The molecule has 1 aliphatic carbocycles. The second-order valence-corrected chi connectivity index (χ2v) is 4.43. The molecule has 7 nitrogen and oxygen atoms in total. The van der Waals surface area contributed by atoms with Crippen molar-refractivity contribution in [1.29, 1.82) is 0 Å². The molecule has 1 fully saturated rings. The summed E-state index contributed by atoms with van der Waals surface area (Å²) >= 11 is 0. The molecule has 4 atom stereocenters. The molecular formula is C11H15NO6. The lowest BCUT2D eigenvalue weighted by molar-refractivity contribution is -0.183. The highest BCUT2D eigenvalue weighted by Crippen LogP contribution is 2.36. The highest BCUT2D eigenvalue weighted by molar-refractivity contribution is 5.89. The first-order valence-corrected chi connectivity index (χ1v) is 5.50. The molecule has 1 aliphatic heterocycles. The number of aliphatic hydroxyl groups excluding tert-OH is 1. The first-order chi connectivity index (χ1) is 8.37. The monoisotopic (exact) mass is 257 g/mol. The third-order valence-corrected chi connectivity index (χ3v) is 3.11. The number of primary amides is 1. The van der Waals surface area contributed by atoms with Crippen molar-refractivity contribution in [3.63, 3.8) is 0 Å². The van der Waals surface area contributed by atoms with Crippen LogP contribution >= 0.6 is 0 Å². The molecule has 0 spiro atoms. The van der Waals surface area contributed by atoms with E-state index in [0.29, 0.717) is 5.57 Å². The minimum atomic E-state index is -1.58. The number of amides is 1. The molecule has 0 saturated carbocycles. The van der Waals surface area contributed by atoms with Gasteiger partial charge in [0.1, 0.15) is 12.2 Å². The van der Waals surface area contributed by atoms with Crippen LogP contribution in [0, 0.1) is 0 Å². The van der Waals surface area contributed by atoms with Gasteiger partial charge in [0.25, 0.3) is 5.91 Å². The summed E-state index contributed by atoms with van der Waals surface area (Å²) in [4.78, 5) is 22.6. The van der Waals surface area contributed by atoms with E-state index in [1.165, 1.54) is 20.1 Å². The third-order valence-electron chi connectivity index (χ3n) is 3.11. The number of nitrogens with two attached hydrogens (primary N) is 1. The number of ether oxygens (including phenoxy) is 3. The van der Waals surface area contributed by atoms with Gasteiger partial charge in [-0.15, -0.1) is 0 Å². The predicted octanol–water partition coefficient (Wildman–Crippen LogP) is -1.16. The van der Waals surface area contributed by atoms with Gasteiger partial charge in [-0.1, -0.05) is 0 Å².